The Morgan fingerprint density at radius 2 is 1.87 bits per heavy atom. The molecule has 1 saturated heterocycles. The van der Waals surface area contributed by atoms with Gasteiger partial charge in [-0.25, -0.2) is 0 Å². The third-order valence-corrected chi connectivity index (χ3v) is 4.68. The Bertz CT molecular complexity index is 779. The van der Waals surface area contributed by atoms with Crippen molar-refractivity contribution in [1.82, 2.24) is 10.2 Å². The van der Waals surface area contributed by atoms with Crippen LogP contribution in [0.1, 0.15) is 40.0 Å². The molecular weight excluding hydrogens is 400 g/mol. The van der Waals surface area contributed by atoms with E-state index < -0.39 is 12.0 Å². The average molecular weight is 433 g/mol. The van der Waals surface area contributed by atoms with Gasteiger partial charge in [0.05, 0.1) is 19.6 Å². The number of nitrogens with zero attached hydrogens (tertiary/aromatic N) is 1. The Kier molecular flexibility index (Phi) is 9.30. The van der Waals surface area contributed by atoms with Crippen LogP contribution in [0.15, 0.2) is 24.3 Å². The second kappa shape index (κ2) is 11.9. The van der Waals surface area contributed by atoms with Crippen molar-refractivity contribution in [1.29, 1.82) is 0 Å². The molecule has 1 aliphatic rings. The summed E-state index contributed by atoms with van der Waals surface area (Å²) in [5.74, 6) is -0.982. The van der Waals surface area contributed by atoms with Crippen molar-refractivity contribution in [2.45, 2.75) is 46.1 Å². The summed E-state index contributed by atoms with van der Waals surface area (Å²) in [6, 6.07) is 6.15. The lowest BCUT2D eigenvalue weighted by Gasteiger charge is -2.34. The number of hydrogen-bond acceptors (Lipinski definition) is 6. The van der Waals surface area contributed by atoms with Crippen molar-refractivity contribution in [2.24, 2.45) is 5.92 Å². The summed E-state index contributed by atoms with van der Waals surface area (Å²) >= 11 is 0. The van der Waals surface area contributed by atoms with Crippen LogP contribution in [0.5, 0.6) is 0 Å². The standard InChI is InChI=1S/C22H32N4O5/c1-4-5-19(27)25-17-8-6-16(7-9-17)24-13-20(28)26-11-10-23-22(30)18(26)12-21(29)31-14-15(2)3/h6-9,15,18,24H,4-5,10-14H2,1-3H3,(H,23,30)(H,25,27). The van der Waals surface area contributed by atoms with Gasteiger partial charge < -0.3 is 25.6 Å². The zero-order valence-corrected chi connectivity index (χ0v) is 18.4. The molecule has 1 aromatic carbocycles. The highest BCUT2D eigenvalue weighted by Gasteiger charge is 2.35. The molecule has 1 fully saturated rings. The van der Waals surface area contributed by atoms with Crippen molar-refractivity contribution in [3.63, 3.8) is 0 Å². The number of benzene rings is 1. The predicted octanol–water partition coefficient (Wildman–Crippen LogP) is 1.75. The number of esters is 1. The molecule has 1 heterocycles. The van der Waals surface area contributed by atoms with E-state index in [4.69, 9.17) is 4.74 Å². The zero-order valence-electron chi connectivity index (χ0n) is 18.4. The Labute approximate surface area is 182 Å². The summed E-state index contributed by atoms with van der Waals surface area (Å²) in [6.45, 7) is 6.71. The summed E-state index contributed by atoms with van der Waals surface area (Å²) in [7, 11) is 0. The van der Waals surface area contributed by atoms with Gasteiger partial charge in [0.15, 0.2) is 0 Å². The normalized spacial score (nSPS) is 15.9. The number of piperazine rings is 1. The van der Waals surface area contributed by atoms with Crippen LogP contribution in [0.4, 0.5) is 11.4 Å². The van der Waals surface area contributed by atoms with E-state index in [2.05, 4.69) is 16.0 Å². The van der Waals surface area contributed by atoms with Crippen LogP contribution in [0.3, 0.4) is 0 Å². The topological polar surface area (TPSA) is 117 Å². The maximum Gasteiger partial charge on any atom is 0.308 e. The molecule has 2 rings (SSSR count). The lowest BCUT2D eigenvalue weighted by molar-refractivity contribution is -0.152. The number of carbonyl (C=O) groups excluding carboxylic acids is 4. The van der Waals surface area contributed by atoms with Gasteiger partial charge in [0, 0.05) is 30.9 Å². The van der Waals surface area contributed by atoms with Gasteiger partial charge in [0.2, 0.25) is 17.7 Å². The van der Waals surface area contributed by atoms with Crippen LogP contribution >= 0.6 is 0 Å². The van der Waals surface area contributed by atoms with Gasteiger partial charge in [0.1, 0.15) is 6.04 Å². The van der Waals surface area contributed by atoms with Crippen LogP contribution in [0.2, 0.25) is 0 Å². The van der Waals surface area contributed by atoms with Crippen LogP contribution in [-0.4, -0.2) is 60.9 Å². The van der Waals surface area contributed by atoms with Gasteiger partial charge in [-0.05, 0) is 36.6 Å². The smallest absolute Gasteiger partial charge is 0.308 e. The minimum absolute atomic E-state index is 0.0215. The quantitative estimate of drug-likeness (QED) is 0.485. The van der Waals surface area contributed by atoms with Crippen molar-refractivity contribution in [2.75, 3.05) is 36.9 Å². The molecule has 0 aliphatic carbocycles. The van der Waals surface area contributed by atoms with E-state index in [0.717, 1.165) is 6.42 Å². The van der Waals surface area contributed by atoms with Crippen LogP contribution in [0.25, 0.3) is 0 Å². The van der Waals surface area contributed by atoms with Crippen molar-refractivity contribution < 1.29 is 23.9 Å². The number of anilines is 2. The van der Waals surface area contributed by atoms with E-state index in [1.54, 1.807) is 24.3 Å². The molecule has 1 aliphatic heterocycles. The molecule has 0 saturated carbocycles. The summed E-state index contributed by atoms with van der Waals surface area (Å²) < 4.78 is 5.16. The minimum Gasteiger partial charge on any atom is -0.465 e. The lowest BCUT2D eigenvalue weighted by Crippen LogP contribution is -2.58. The largest absolute Gasteiger partial charge is 0.465 e. The molecule has 0 spiro atoms. The number of nitrogens with one attached hydrogen (secondary N) is 3. The fourth-order valence-corrected chi connectivity index (χ4v) is 3.09. The molecular formula is C22H32N4O5. The molecule has 1 atom stereocenters. The van der Waals surface area contributed by atoms with Crippen LogP contribution in [0, 0.1) is 5.92 Å². The van der Waals surface area contributed by atoms with Crippen LogP contribution < -0.4 is 16.0 Å². The maximum absolute atomic E-state index is 12.7. The van der Waals surface area contributed by atoms with Gasteiger partial charge in [0.25, 0.3) is 0 Å². The molecule has 9 heteroatoms. The second-order valence-electron chi connectivity index (χ2n) is 7.90. The third-order valence-electron chi connectivity index (χ3n) is 4.68. The van der Waals surface area contributed by atoms with Crippen LogP contribution in [-0.2, 0) is 23.9 Å². The third kappa shape index (κ3) is 7.92. The van der Waals surface area contributed by atoms with E-state index in [0.29, 0.717) is 30.9 Å². The van der Waals surface area contributed by atoms with Crippen molar-refractivity contribution in [3.8, 4) is 0 Å². The molecule has 0 radical (unpaired) electrons. The van der Waals surface area contributed by atoms with Gasteiger partial charge >= 0.3 is 5.97 Å². The minimum atomic E-state index is -0.876. The number of rotatable bonds is 10. The number of amides is 3. The second-order valence-corrected chi connectivity index (χ2v) is 7.90. The molecule has 1 aromatic rings. The number of carbonyl (C=O) groups is 4. The Morgan fingerprint density at radius 3 is 2.52 bits per heavy atom. The first-order chi connectivity index (χ1) is 14.8. The van der Waals surface area contributed by atoms with Gasteiger partial charge in [-0.2, -0.15) is 0 Å². The maximum atomic E-state index is 12.7. The van der Waals surface area contributed by atoms with Gasteiger partial charge in [-0.15, -0.1) is 0 Å². The molecule has 9 nitrogen and oxygen atoms in total. The zero-order chi connectivity index (χ0) is 22.8. The molecule has 170 valence electrons. The average Bonchev–Trinajstić information content (AvgIpc) is 2.73. The number of hydrogen-bond donors (Lipinski definition) is 3. The van der Waals surface area contributed by atoms with Crippen molar-refractivity contribution in [3.05, 3.63) is 24.3 Å². The van der Waals surface area contributed by atoms with E-state index in [-0.39, 0.29) is 43.2 Å². The van der Waals surface area contributed by atoms with Gasteiger partial charge in [-0.3, -0.25) is 19.2 Å². The first-order valence-corrected chi connectivity index (χ1v) is 10.7. The molecule has 31 heavy (non-hydrogen) atoms. The fraction of sp³-hybridized carbons (Fsp3) is 0.545. The van der Waals surface area contributed by atoms with E-state index in [9.17, 15) is 19.2 Å². The first kappa shape index (κ1) is 24.2. The SMILES string of the molecule is CCCC(=O)Nc1ccc(NCC(=O)N2CCNC(=O)C2CC(=O)OCC(C)C)cc1. The first-order valence-electron chi connectivity index (χ1n) is 10.7. The highest BCUT2D eigenvalue weighted by atomic mass is 16.5. The van der Waals surface area contributed by atoms with E-state index in [1.807, 2.05) is 20.8 Å². The van der Waals surface area contributed by atoms with Crippen molar-refractivity contribution >= 4 is 35.1 Å². The molecule has 3 N–H and O–H groups in total. The fourth-order valence-electron chi connectivity index (χ4n) is 3.09. The Morgan fingerprint density at radius 1 is 1.19 bits per heavy atom. The Hall–Kier alpha value is -3.10. The summed E-state index contributed by atoms with van der Waals surface area (Å²) in [5.41, 5.74) is 1.39. The lowest BCUT2D eigenvalue weighted by atomic mass is 10.1. The molecule has 3 amide bonds. The summed E-state index contributed by atoms with van der Waals surface area (Å²) in [5, 5.41) is 8.52. The molecule has 0 bridgehead atoms. The summed E-state index contributed by atoms with van der Waals surface area (Å²) in [4.78, 5) is 50.1. The monoisotopic (exact) mass is 432 g/mol. The Balaban J connectivity index is 1.90. The van der Waals surface area contributed by atoms with Gasteiger partial charge in [-0.1, -0.05) is 20.8 Å². The highest BCUT2D eigenvalue weighted by molar-refractivity contribution is 5.93. The predicted molar refractivity (Wildman–Crippen MR) is 117 cm³/mol. The summed E-state index contributed by atoms with van der Waals surface area (Å²) in [6.07, 6.45) is 1.07. The molecule has 0 aromatic heterocycles. The highest BCUT2D eigenvalue weighted by Crippen LogP contribution is 2.15. The van der Waals surface area contributed by atoms with E-state index in [1.165, 1.54) is 4.90 Å². The molecule has 1 unspecified atom stereocenters. The van der Waals surface area contributed by atoms with E-state index >= 15 is 0 Å². The number of ether oxygens (including phenoxy) is 1.